The van der Waals surface area contributed by atoms with Crippen LogP contribution in [0.4, 0.5) is 0 Å². The number of amides is 1. The van der Waals surface area contributed by atoms with Gasteiger partial charge in [-0.05, 0) is 24.5 Å². The van der Waals surface area contributed by atoms with E-state index in [-0.39, 0.29) is 18.6 Å². The van der Waals surface area contributed by atoms with Crippen molar-refractivity contribution in [3.8, 4) is 0 Å². The van der Waals surface area contributed by atoms with Gasteiger partial charge in [-0.25, -0.2) is 0 Å². The summed E-state index contributed by atoms with van der Waals surface area (Å²) in [6.07, 6.45) is 1.02. The number of aryl methyl sites for hydroxylation is 1. The first-order valence-electron chi connectivity index (χ1n) is 6.62. The van der Waals surface area contributed by atoms with Gasteiger partial charge in [-0.2, -0.15) is 0 Å². The van der Waals surface area contributed by atoms with Gasteiger partial charge < -0.3 is 14.8 Å². The molecule has 0 fully saturated rings. The van der Waals surface area contributed by atoms with Gasteiger partial charge in [-0.15, -0.1) is 0 Å². The summed E-state index contributed by atoms with van der Waals surface area (Å²) in [4.78, 5) is 11.6. The summed E-state index contributed by atoms with van der Waals surface area (Å²) in [5.41, 5.74) is 2.40. The van der Waals surface area contributed by atoms with Crippen molar-refractivity contribution >= 4 is 5.91 Å². The molecule has 0 spiro atoms. The molecule has 0 aliphatic carbocycles. The predicted octanol–water partition coefficient (Wildman–Crippen LogP) is 2.09. The van der Waals surface area contributed by atoms with Gasteiger partial charge in [0.25, 0.3) is 0 Å². The number of hydrogen-bond donors (Lipinski definition) is 1. The van der Waals surface area contributed by atoms with Crippen molar-refractivity contribution in [3.05, 3.63) is 35.4 Å². The Kier molecular flexibility index (Phi) is 7.15. The molecule has 4 nitrogen and oxygen atoms in total. The third kappa shape index (κ3) is 5.85. The second-order valence-electron chi connectivity index (χ2n) is 4.43. The second-order valence-corrected chi connectivity index (χ2v) is 4.43. The number of carbonyl (C=O) groups is 1. The van der Waals surface area contributed by atoms with E-state index in [1.165, 1.54) is 5.56 Å². The van der Waals surface area contributed by atoms with Crippen molar-refractivity contribution < 1.29 is 14.3 Å². The Morgan fingerprint density at radius 2 is 1.95 bits per heavy atom. The zero-order valence-electron chi connectivity index (χ0n) is 11.9. The third-order valence-corrected chi connectivity index (χ3v) is 2.93. The first-order chi connectivity index (χ1) is 9.17. The van der Waals surface area contributed by atoms with Crippen LogP contribution >= 0.6 is 0 Å². The third-order valence-electron chi connectivity index (χ3n) is 2.93. The van der Waals surface area contributed by atoms with Gasteiger partial charge in [0, 0.05) is 7.11 Å². The minimum absolute atomic E-state index is 0.00979. The van der Waals surface area contributed by atoms with E-state index in [1.54, 1.807) is 7.11 Å². The van der Waals surface area contributed by atoms with Gasteiger partial charge in [-0.1, -0.05) is 31.2 Å². The fourth-order valence-corrected chi connectivity index (χ4v) is 1.72. The number of nitrogens with one attached hydrogen (secondary N) is 1. The molecule has 1 aromatic carbocycles. The van der Waals surface area contributed by atoms with Gasteiger partial charge >= 0.3 is 0 Å². The van der Waals surface area contributed by atoms with Gasteiger partial charge in [0.2, 0.25) is 5.91 Å². The van der Waals surface area contributed by atoms with E-state index in [2.05, 4.69) is 36.5 Å². The molecule has 1 amide bonds. The highest BCUT2D eigenvalue weighted by Crippen LogP contribution is 2.13. The summed E-state index contributed by atoms with van der Waals surface area (Å²) in [5.74, 6) is -0.108. The topological polar surface area (TPSA) is 47.6 Å². The van der Waals surface area contributed by atoms with Crippen molar-refractivity contribution in [2.24, 2.45) is 0 Å². The molecule has 0 aliphatic heterocycles. The average molecular weight is 265 g/mol. The molecule has 0 bridgehead atoms. The van der Waals surface area contributed by atoms with Crippen LogP contribution in [-0.2, 0) is 20.7 Å². The molecule has 0 saturated heterocycles. The Bertz CT molecular complexity index is 375. The molecule has 4 heteroatoms. The highest BCUT2D eigenvalue weighted by molar-refractivity contribution is 5.77. The molecular formula is C15H23NO3. The number of rotatable bonds is 8. The quantitative estimate of drug-likeness (QED) is 0.732. The van der Waals surface area contributed by atoms with Crippen LogP contribution in [0.2, 0.25) is 0 Å². The summed E-state index contributed by atoms with van der Waals surface area (Å²) in [6, 6.07) is 8.27. The van der Waals surface area contributed by atoms with E-state index in [0.717, 1.165) is 12.0 Å². The van der Waals surface area contributed by atoms with Crippen molar-refractivity contribution in [3.63, 3.8) is 0 Å². The molecule has 0 unspecified atom stereocenters. The predicted molar refractivity (Wildman–Crippen MR) is 75.1 cm³/mol. The monoisotopic (exact) mass is 265 g/mol. The molecule has 1 aromatic rings. The van der Waals surface area contributed by atoms with Crippen LogP contribution < -0.4 is 5.32 Å². The Labute approximate surface area is 115 Å². The summed E-state index contributed by atoms with van der Waals surface area (Å²) in [7, 11) is 1.60. The molecule has 1 atom stereocenters. The minimum Gasteiger partial charge on any atom is -0.382 e. The number of methoxy groups -OCH3 is 1. The Hall–Kier alpha value is -1.39. The number of carbonyl (C=O) groups excluding carboxylic acids is 1. The van der Waals surface area contributed by atoms with Crippen LogP contribution in [0.5, 0.6) is 0 Å². The fraction of sp³-hybridized carbons (Fsp3) is 0.533. The smallest absolute Gasteiger partial charge is 0.246 e. The molecule has 106 valence electrons. The molecule has 1 N–H and O–H groups in total. The maximum atomic E-state index is 11.6. The Morgan fingerprint density at radius 1 is 1.26 bits per heavy atom. The van der Waals surface area contributed by atoms with Crippen LogP contribution in [0.3, 0.4) is 0 Å². The highest BCUT2D eigenvalue weighted by atomic mass is 16.5. The van der Waals surface area contributed by atoms with Crippen molar-refractivity contribution in [2.45, 2.75) is 26.3 Å². The lowest BCUT2D eigenvalue weighted by Gasteiger charge is -2.14. The van der Waals surface area contributed by atoms with Crippen LogP contribution in [0, 0.1) is 0 Å². The van der Waals surface area contributed by atoms with Crippen LogP contribution in [0.25, 0.3) is 0 Å². The molecule has 1 rings (SSSR count). The molecule has 0 saturated carbocycles. The van der Waals surface area contributed by atoms with E-state index in [0.29, 0.717) is 13.2 Å². The van der Waals surface area contributed by atoms with E-state index in [1.807, 2.05) is 6.92 Å². The lowest BCUT2D eigenvalue weighted by molar-refractivity contribution is -0.126. The standard InChI is InChI=1S/C15H23NO3/c1-4-13-5-7-14(8-6-13)12(2)16-15(17)11-19-10-9-18-3/h5-8,12H,4,9-11H2,1-3H3,(H,16,17)/t12-/m0/s1. The highest BCUT2D eigenvalue weighted by Gasteiger charge is 2.09. The van der Waals surface area contributed by atoms with Crippen LogP contribution in [0.15, 0.2) is 24.3 Å². The molecule has 0 aromatic heterocycles. The number of benzene rings is 1. The number of hydrogen-bond acceptors (Lipinski definition) is 3. The lowest BCUT2D eigenvalue weighted by atomic mass is 10.1. The summed E-state index contributed by atoms with van der Waals surface area (Å²) < 4.78 is 10.0. The van der Waals surface area contributed by atoms with E-state index < -0.39 is 0 Å². The summed E-state index contributed by atoms with van der Waals surface area (Å²) in [6.45, 7) is 5.09. The first-order valence-corrected chi connectivity index (χ1v) is 6.62. The van der Waals surface area contributed by atoms with E-state index in [4.69, 9.17) is 9.47 Å². The SMILES string of the molecule is CCc1ccc([C@H](C)NC(=O)COCCOC)cc1. The van der Waals surface area contributed by atoms with Gasteiger partial charge in [0.1, 0.15) is 6.61 Å². The minimum atomic E-state index is -0.108. The summed E-state index contributed by atoms with van der Waals surface area (Å²) in [5, 5.41) is 2.91. The summed E-state index contributed by atoms with van der Waals surface area (Å²) >= 11 is 0. The van der Waals surface area contributed by atoms with Crippen molar-refractivity contribution in [1.29, 1.82) is 0 Å². The van der Waals surface area contributed by atoms with Crippen molar-refractivity contribution in [2.75, 3.05) is 26.9 Å². The average Bonchev–Trinajstić information content (AvgIpc) is 2.43. The van der Waals surface area contributed by atoms with Crippen LogP contribution in [-0.4, -0.2) is 32.8 Å². The first kappa shape index (κ1) is 15.7. The molecular weight excluding hydrogens is 242 g/mol. The number of ether oxygens (including phenoxy) is 2. The normalized spacial score (nSPS) is 12.2. The zero-order chi connectivity index (χ0) is 14.1. The van der Waals surface area contributed by atoms with Crippen LogP contribution in [0.1, 0.15) is 31.0 Å². The van der Waals surface area contributed by atoms with Crippen molar-refractivity contribution in [1.82, 2.24) is 5.32 Å². The van der Waals surface area contributed by atoms with E-state index in [9.17, 15) is 4.79 Å². The largest absolute Gasteiger partial charge is 0.382 e. The lowest BCUT2D eigenvalue weighted by Crippen LogP contribution is -2.30. The maximum absolute atomic E-state index is 11.6. The second kappa shape index (κ2) is 8.67. The molecule has 0 aliphatic rings. The molecule has 19 heavy (non-hydrogen) atoms. The molecule has 0 heterocycles. The van der Waals surface area contributed by atoms with Gasteiger partial charge in [0.15, 0.2) is 0 Å². The maximum Gasteiger partial charge on any atom is 0.246 e. The zero-order valence-corrected chi connectivity index (χ0v) is 11.9. The fourth-order valence-electron chi connectivity index (χ4n) is 1.72. The van der Waals surface area contributed by atoms with Gasteiger partial charge in [0.05, 0.1) is 19.3 Å². The Morgan fingerprint density at radius 3 is 2.53 bits per heavy atom. The van der Waals surface area contributed by atoms with Gasteiger partial charge in [-0.3, -0.25) is 4.79 Å². The van der Waals surface area contributed by atoms with E-state index >= 15 is 0 Å². The molecule has 0 radical (unpaired) electrons. The Balaban J connectivity index is 2.36.